The van der Waals surface area contributed by atoms with Crippen LogP contribution in [0.1, 0.15) is 50.4 Å². The first-order valence-corrected chi connectivity index (χ1v) is 6.64. The molecule has 102 valence electrons. The molecule has 1 aromatic heterocycles. The molecule has 2 rings (SSSR count). The Morgan fingerprint density at radius 3 is 2.63 bits per heavy atom. The fourth-order valence-corrected chi connectivity index (χ4v) is 2.51. The number of benzene rings is 1. The van der Waals surface area contributed by atoms with Crippen LogP contribution >= 0.6 is 0 Å². The number of aliphatic carboxylic acids is 1. The van der Waals surface area contributed by atoms with E-state index in [0.29, 0.717) is 12.3 Å². The van der Waals surface area contributed by atoms with Gasteiger partial charge in [0.25, 0.3) is 0 Å². The van der Waals surface area contributed by atoms with Crippen molar-refractivity contribution in [3.05, 3.63) is 29.6 Å². The van der Waals surface area contributed by atoms with Gasteiger partial charge in [0.05, 0.1) is 17.0 Å². The van der Waals surface area contributed by atoms with E-state index in [-0.39, 0.29) is 0 Å². The molecule has 1 atom stereocenters. The molecule has 0 radical (unpaired) electrons. The average Bonchev–Trinajstić information content (AvgIpc) is 2.67. The molecule has 0 bridgehead atoms. The van der Waals surface area contributed by atoms with Gasteiger partial charge in [-0.25, -0.2) is 4.98 Å². The van der Waals surface area contributed by atoms with E-state index in [1.54, 1.807) is 0 Å². The highest BCUT2D eigenvalue weighted by Crippen LogP contribution is 2.26. The van der Waals surface area contributed by atoms with Crippen molar-refractivity contribution < 1.29 is 9.90 Å². The summed E-state index contributed by atoms with van der Waals surface area (Å²) in [4.78, 5) is 15.8. The summed E-state index contributed by atoms with van der Waals surface area (Å²) in [5.41, 5.74) is 2.77. The van der Waals surface area contributed by atoms with Crippen molar-refractivity contribution in [2.24, 2.45) is 7.05 Å². The fraction of sp³-hybridized carbons (Fsp3) is 0.467. The monoisotopic (exact) mass is 260 g/mol. The maximum absolute atomic E-state index is 11.2. The minimum atomic E-state index is -0.770. The number of hydrogen-bond donors (Lipinski definition) is 1. The summed E-state index contributed by atoms with van der Waals surface area (Å²) in [6.45, 7) is 6.11. The second kappa shape index (κ2) is 5.03. The molecule has 0 saturated heterocycles. The first-order chi connectivity index (χ1) is 8.95. The maximum Gasteiger partial charge on any atom is 0.310 e. The van der Waals surface area contributed by atoms with Gasteiger partial charge in [-0.1, -0.05) is 26.8 Å². The molecule has 1 N–H and O–H groups in total. The predicted molar refractivity (Wildman–Crippen MR) is 75.5 cm³/mol. The molecule has 0 fully saturated rings. The van der Waals surface area contributed by atoms with E-state index in [2.05, 4.69) is 23.4 Å². The smallest absolute Gasteiger partial charge is 0.310 e. The Bertz CT molecular complexity index is 614. The normalized spacial score (nSPS) is 13.1. The largest absolute Gasteiger partial charge is 0.481 e. The summed E-state index contributed by atoms with van der Waals surface area (Å²) in [5.74, 6) is 0.160. The summed E-state index contributed by atoms with van der Waals surface area (Å²) in [5, 5.41) is 9.24. The quantitative estimate of drug-likeness (QED) is 0.917. The molecule has 19 heavy (non-hydrogen) atoms. The lowest BCUT2D eigenvalue weighted by molar-refractivity contribution is -0.138. The van der Waals surface area contributed by atoms with Crippen molar-refractivity contribution in [1.29, 1.82) is 0 Å². The summed E-state index contributed by atoms with van der Waals surface area (Å²) in [6.07, 6.45) is 0.593. The summed E-state index contributed by atoms with van der Waals surface area (Å²) >= 11 is 0. The van der Waals surface area contributed by atoms with Gasteiger partial charge in [-0.3, -0.25) is 4.79 Å². The summed E-state index contributed by atoms with van der Waals surface area (Å²) in [6, 6.07) is 5.75. The first kappa shape index (κ1) is 13.6. The van der Waals surface area contributed by atoms with Gasteiger partial charge in [0.1, 0.15) is 5.82 Å². The van der Waals surface area contributed by atoms with Crippen LogP contribution in [0.4, 0.5) is 0 Å². The van der Waals surface area contributed by atoms with Crippen LogP contribution in [-0.4, -0.2) is 20.6 Å². The minimum absolute atomic E-state index is 0.349. The highest BCUT2D eigenvalue weighted by molar-refractivity contribution is 5.81. The number of carboxylic acid groups (broad SMARTS) is 1. The van der Waals surface area contributed by atoms with Gasteiger partial charge in [-0.05, 0) is 24.1 Å². The minimum Gasteiger partial charge on any atom is -0.481 e. The molecule has 0 spiro atoms. The first-order valence-electron chi connectivity index (χ1n) is 6.64. The highest BCUT2D eigenvalue weighted by Gasteiger charge is 2.19. The molecule has 0 aliphatic heterocycles. The Kier molecular flexibility index (Phi) is 3.60. The lowest BCUT2D eigenvalue weighted by atomic mass is 9.96. The second-order valence-corrected chi connectivity index (χ2v) is 5.23. The summed E-state index contributed by atoms with van der Waals surface area (Å²) < 4.78 is 2.05. The molecular formula is C15H20N2O2. The van der Waals surface area contributed by atoms with Crippen LogP contribution in [0, 0.1) is 0 Å². The number of hydrogen-bond acceptors (Lipinski definition) is 2. The molecule has 4 nitrogen and oxygen atoms in total. The van der Waals surface area contributed by atoms with E-state index in [4.69, 9.17) is 0 Å². The van der Waals surface area contributed by atoms with E-state index in [1.807, 2.05) is 32.2 Å². The Labute approximate surface area is 113 Å². The van der Waals surface area contributed by atoms with Crippen LogP contribution in [0.2, 0.25) is 0 Å². The molecule has 1 aromatic carbocycles. The van der Waals surface area contributed by atoms with Gasteiger partial charge in [0, 0.05) is 13.0 Å². The third-order valence-electron chi connectivity index (χ3n) is 3.56. The zero-order valence-electron chi connectivity index (χ0n) is 11.8. The number of fused-ring (bicyclic) bond motifs is 1. The van der Waals surface area contributed by atoms with E-state index in [0.717, 1.165) is 22.4 Å². The second-order valence-electron chi connectivity index (χ2n) is 5.23. The molecule has 0 saturated carbocycles. The third-order valence-corrected chi connectivity index (χ3v) is 3.56. The standard InChI is InChI=1S/C15H20N2O2/c1-5-11(15(18)19)10-6-7-12-13(8-10)17(4)14(16-12)9(2)3/h6-9,11H,5H2,1-4H3,(H,18,19). The molecule has 1 heterocycles. The number of nitrogens with zero attached hydrogens (tertiary/aromatic N) is 2. The fourth-order valence-electron chi connectivity index (χ4n) is 2.51. The molecular weight excluding hydrogens is 240 g/mol. The molecule has 2 aromatic rings. The van der Waals surface area contributed by atoms with Gasteiger partial charge in [-0.2, -0.15) is 0 Å². The van der Waals surface area contributed by atoms with Gasteiger partial charge >= 0.3 is 5.97 Å². The van der Waals surface area contributed by atoms with Gasteiger partial charge in [0.15, 0.2) is 0 Å². The number of rotatable bonds is 4. The van der Waals surface area contributed by atoms with E-state index < -0.39 is 11.9 Å². The molecule has 1 unspecified atom stereocenters. The SMILES string of the molecule is CCC(C(=O)O)c1ccc2nc(C(C)C)n(C)c2c1. The van der Waals surface area contributed by atoms with Gasteiger partial charge in [0.2, 0.25) is 0 Å². The van der Waals surface area contributed by atoms with Gasteiger partial charge in [-0.15, -0.1) is 0 Å². The van der Waals surface area contributed by atoms with Crippen molar-refractivity contribution in [2.45, 2.75) is 39.0 Å². The van der Waals surface area contributed by atoms with Crippen LogP contribution in [0.3, 0.4) is 0 Å². The Morgan fingerprint density at radius 1 is 1.42 bits per heavy atom. The molecule has 0 aliphatic carbocycles. The maximum atomic E-state index is 11.2. The van der Waals surface area contributed by atoms with Crippen molar-refractivity contribution >= 4 is 17.0 Å². The topological polar surface area (TPSA) is 55.1 Å². The number of carbonyl (C=O) groups is 1. The molecule has 0 aliphatic rings. The van der Waals surface area contributed by atoms with Crippen molar-refractivity contribution in [3.8, 4) is 0 Å². The lowest BCUT2D eigenvalue weighted by Crippen LogP contribution is -2.10. The zero-order chi connectivity index (χ0) is 14.2. The van der Waals surface area contributed by atoms with Crippen LogP contribution in [0.15, 0.2) is 18.2 Å². The van der Waals surface area contributed by atoms with Crippen molar-refractivity contribution in [1.82, 2.24) is 9.55 Å². The third kappa shape index (κ3) is 2.35. The summed E-state index contributed by atoms with van der Waals surface area (Å²) in [7, 11) is 1.98. The van der Waals surface area contributed by atoms with Crippen LogP contribution in [-0.2, 0) is 11.8 Å². The van der Waals surface area contributed by atoms with Gasteiger partial charge < -0.3 is 9.67 Å². The Morgan fingerprint density at radius 2 is 2.11 bits per heavy atom. The van der Waals surface area contributed by atoms with Crippen molar-refractivity contribution in [2.75, 3.05) is 0 Å². The number of aryl methyl sites for hydroxylation is 1. The highest BCUT2D eigenvalue weighted by atomic mass is 16.4. The number of carboxylic acids is 1. The van der Waals surface area contributed by atoms with Crippen LogP contribution in [0.5, 0.6) is 0 Å². The zero-order valence-corrected chi connectivity index (χ0v) is 11.8. The van der Waals surface area contributed by atoms with E-state index in [1.165, 1.54) is 0 Å². The Hall–Kier alpha value is -1.84. The lowest BCUT2D eigenvalue weighted by Gasteiger charge is -2.10. The van der Waals surface area contributed by atoms with Crippen molar-refractivity contribution in [3.63, 3.8) is 0 Å². The van der Waals surface area contributed by atoms with E-state index >= 15 is 0 Å². The Balaban J connectivity index is 2.57. The molecule has 0 amide bonds. The molecule has 4 heteroatoms. The van der Waals surface area contributed by atoms with Crippen LogP contribution < -0.4 is 0 Å². The predicted octanol–water partition coefficient (Wildman–Crippen LogP) is 3.27. The average molecular weight is 260 g/mol. The van der Waals surface area contributed by atoms with E-state index in [9.17, 15) is 9.90 Å². The number of aromatic nitrogens is 2. The number of imidazole rings is 1. The van der Waals surface area contributed by atoms with Crippen LogP contribution in [0.25, 0.3) is 11.0 Å².